The largest absolute Gasteiger partial charge is 0.361 e. The van der Waals surface area contributed by atoms with Crippen LogP contribution in [0.15, 0.2) is 21.5 Å². The third-order valence-corrected chi connectivity index (χ3v) is 4.82. The standard InChI is InChI=1S/C17H19N3O3/c1-10-8-14(19-23-10)15-6-3-7-20(15)17(22)12-9-11-4-2-5-13(11)18-16(12)21/h8-9,15H,2-7H2,1H3,(H,18,21)/t15-/m0/s1. The van der Waals surface area contributed by atoms with Gasteiger partial charge in [-0.15, -0.1) is 0 Å². The Morgan fingerprint density at radius 2 is 2.22 bits per heavy atom. The van der Waals surface area contributed by atoms with Gasteiger partial charge in [-0.2, -0.15) is 0 Å². The molecule has 3 heterocycles. The fraction of sp³-hybridized carbons (Fsp3) is 0.471. The predicted molar refractivity (Wildman–Crippen MR) is 83.3 cm³/mol. The first-order valence-electron chi connectivity index (χ1n) is 8.13. The second-order valence-corrected chi connectivity index (χ2v) is 6.39. The van der Waals surface area contributed by atoms with Crippen molar-refractivity contribution in [3.8, 4) is 0 Å². The lowest BCUT2D eigenvalue weighted by Crippen LogP contribution is -2.35. The number of aromatic amines is 1. The molecule has 2 aromatic heterocycles. The molecule has 6 heteroatoms. The molecule has 1 aliphatic heterocycles. The van der Waals surface area contributed by atoms with Gasteiger partial charge in [-0.3, -0.25) is 9.59 Å². The van der Waals surface area contributed by atoms with Gasteiger partial charge in [0.05, 0.1) is 6.04 Å². The Balaban J connectivity index is 1.67. The van der Waals surface area contributed by atoms with Gasteiger partial charge in [0, 0.05) is 18.3 Å². The summed E-state index contributed by atoms with van der Waals surface area (Å²) in [5, 5.41) is 4.05. The number of hydrogen-bond donors (Lipinski definition) is 1. The summed E-state index contributed by atoms with van der Waals surface area (Å²) in [4.78, 5) is 29.8. The molecule has 0 saturated carbocycles. The van der Waals surface area contributed by atoms with Crippen LogP contribution < -0.4 is 5.56 Å². The summed E-state index contributed by atoms with van der Waals surface area (Å²) >= 11 is 0. The molecule has 6 nitrogen and oxygen atoms in total. The van der Waals surface area contributed by atoms with Crippen LogP contribution in [-0.4, -0.2) is 27.5 Å². The number of nitrogens with one attached hydrogen (secondary N) is 1. The summed E-state index contributed by atoms with van der Waals surface area (Å²) in [7, 11) is 0. The number of pyridine rings is 1. The Kier molecular flexibility index (Phi) is 3.32. The zero-order valence-electron chi connectivity index (χ0n) is 13.1. The Morgan fingerprint density at radius 1 is 1.35 bits per heavy atom. The van der Waals surface area contributed by atoms with E-state index in [1.165, 1.54) is 0 Å². The number of hydrogen-bond acceptors (Lipinski definition) is 4. The highest BCUT2D eigenvalue weighted by Crippen LogP contribution is 2.32. The summed E-state index contributed by atoms with van der Waals surface area (Å²) in [5.74, 6) is 0.527. The van der Waals surface area contributed by atoms with Crippen molar-refractivity contribution in [1.29, 1.82) is 0 Å². The molecule has 1 atom stereocenters. The van der Waals surface area contributed by atoms with Crippen molar-refractivity contribution in [2.24, 2.45) is 0 Å². The molecule has 1 amide bonds. The van der Waals surface area contributed by atoms with Crippen LogP contribution in [0.3, 0.4) is 0 Å². The summed E-state index contributed by atoms with van der Waals surface area (Å²) in [6.45, 7) is 2.48. The van der Waals surface area contributed by atoms with Crippen LogP contribution in [0.4, 0.5) is 0 Å². The Hall–Kier alpha value is -2.37. The molecule has 2 aromatic rings. The molecular formula is C17H19N3O3. The lowest BCUT2D eigenvalue weighted by atomic mass is 10.1. The number of aryl methyl sites for hydroxylation is 3. The number of carbonyl (C=O) groups is 1. The average molecular weight is 313 g/mol. The van der Waals surface area contributed by atoms with Gasteiger partial charge in [-0.1, -0.05) is 5.16 Å². The summed E-state index contributed by atoms with van der Waals surface area (Å²) < 4.78 is 5.14. The molecular weight excluding hydrogens is 294 g/mol. The van der Waals surface area contributed by atoms with Gasteiger partial charge in [0.2, 0.25) is 0 Å². The smallest absolute Gasteiger partial charge is 0.261 e. The molecule has 23 heavy (non-hydrogen) atoms. The molecule has 0 bridgehead atoms. The van der Waals surface area contributed by atoms with Gasteiger partial charge >= 0.3 is 0 Å². The van der Waals surface area contributed by atoms with E-state index >= 15 is 0 Å². The van der Waals surface area contributed by atoms with Crippen molar-refractivity contribution in [3.63, 3.8) is 0 Å². The lowest BCUT2D eigenvalue weighted by molar-refractivity contribution is 0.0729. The van der Waals surface area contributed by atoms with Gasteiger partial charge in [0.15, 0.2) is 0 Å². The van der Waals surface area contributed by atoms with Crippen LogP contribution >= 0.6 is 0 Å². The van der Waals surface area contributed by atoms with E-state index < -0.39 is 0 Å². The normalized spacial score (nSPS) is 20.0. The molecule has 120 valence electrons. The number of aromatic nitrogens is 2. The van der Waals surface area contributed by atoms with Crippen LogP contribution in [0.25, 0.3) is 0 Å². The maximum atomic E-state index is 12.9. The van der Waals surface area contributed by atoms with E-state index in [0.717, 1.165) is 54.8 Å². The minimum absolute atomic E-state index is 0.104. The monoisotopic (exact) mass is 313 g/mol. The highest BCUT2D eigenvalue weighted by atomic mass is 16.5. The summed E-state index contributed by atoms with van der Waals surface area (Å²) in [6.07, 6.45) is 4.61. The van der Waals surface area contributed by atoms with Gasteiger partial charge in [-0.25, -0.2) is 0 Å². The van der Waals surface area contributed by atoms with Crippen LogP contribution in [-0.2, 0) is 12.8 Å². The summed E-state index contributed by atoms with van der Waals surface area (Å²) in [6, 6.07) is 3.54. The number of carbonyl (C=O) groups excluding carboxylic acids is 1. The van der Waals surface area contributed by atoms with Crippen molar-refractivity contribution >= 4 is 5.91 Å². The van der Waals surface area contributed by atoms with Crippen molar-refractivity contribution < 1.29 is 9.32 Å². The second-order valence-electron chi connectivity index (χ2n) is 6.39. The van der Waals surface area contributed by atoms with Crippen molar-refractivity contribution in [3.05, 3.63) is 50.8 Å². The van der Waals surface area contributed by atoms with E-state index in [1.807, 2.05) is 13.0 Å². The van der Waals surface area contributed by atoms with E-state index in [4.69, 9.17) is 4.52 Å². The first-order chi connectivity index (χ1) is 11.1. The van der Waals surface area contributed by atoms with E-state index in [2.05, 4.69) is 10.1 Å². The first kappa shape index (κ1) is 14.2. The Morgan fingerprint density at radius 3 is 3.00 bits per heavy atom. The maximum absolute atomic E-state index is 12.9. The molecule has 2 aliphatic rings. The van der Waals surface area contributed by atoms with Gasteiger partial charge < -0.3 is 14.4 Å². The summed E-state index contributed by atoms with van der Waals surface area (Å²) in [5.41, 5.74) is 2.82. The number of H-pyrrole nitrogens is 1. The van der Waals surface area contributed by atoms with E-state index in [0.29, 0.717) is 6.54 Å². The SMILES string of the molecule is Cc1cc([C@@H]2CCCN2C(=O)c2cc3c([nH]c2=O)CCC3)no1. The van der Waals surface area contributed by atoms with E-state index in [-0.39, 0.29) is 23.1 Å². The highest BCUT2D eigenvalue weighted by molar-refractivity contribution is 5.94. The zero-order chi connectivity index (χ0) is 16.0. The minimum Gasteiger partial charge on any atom is -0.361 e. The van der Waals surface area contributed by atoms with Crippen LogP contribution in [0.2, 0.25) is 0 Å². The molecule has 0 aromatic carbocycles. The first-order valence-corrected chi connectivity index (χ1v) is 8.13. The molecule has 4 rings (SSSR count). The number of rotatable bonds is 2. The minimum atomic E-state index is -0.280. The number of nitrogens with zero attached hydrogens (tertiary/aromatic N) is 2. The third kappa shape index (κ3) is 2.38. The van der Waals surface area contributed by atoms with Gasteiger partial charge in [0.25, 0.3) is 11.5 Å². The molecule has 1 aliphatic carbocycles. The Labute approximate surface area is 133 Å². The quantitative estimate of drug-likeness (QED) is 0.921. The fourth-order valence-electron chi connectivity index (χ4n) is 3.69. The van der Waals surface area contributed by atoms with Crippen molar-refractivity contribution in [1.82, 2.24) is 15.0 Å². The van der Waals surface area contributed by atoms with Gasteiger partial charge in [0.1, 0.15) is 17.0 Å². The van der Waals surface area contributed by atoms with Crippen molar-refractivity contribution in [2.45, 2.75) is 45.1 Å². The van der Waals surface area contributed by atoms with E-state index in [9.17, 15) is 9.59 Å². The number of likely N-dealkylation sites (tertiary alicyclic amines) is 1. The molecule has 0 spiro atoms. The molecule has 1 fully saturated rings. The second kappa shape index (κ2) is 5.37. The van der Waals surface area contributed by atoms with Crippen LogP contribution in [0.5, 0.6) is 0 Å². The molecule has 1 saturated heterocycles. The van der Waals surface area contributed by atoms with Crippen LogP contribution in [0, 0.1) is 6.92 Å². The average Bonchev–Trinajstić information content (AvgIpc) is 3.24. The van der Waals surface area contributed by atoms with Gasteiger partial charge in [-0.05, 0) is 50.7 Å². The number of amides is 1. The molecule has 0 radical (unpaired) electrons. The zero-order valence-corrected chi connectivity index (χ0v) is 13.1. The lowest BCUT2D eigenvalue weighted by Gasteiger charge is -2.23. The molecule has 0 unspecified atom stereocenters. The van der Waals surface area contributed by atoms with Crippen LogP contribution in [0.1, 0.15) is 58.4 Å². The Bertz CT molecular complexity index is 821. The predicted octanol–water partition coefficient (Wildman–Crippen LogP) is 2.14. The third-order valence-electron chi connectivity index (χ3n) is 4.82. The van der Waals surface area contributed by atoms with Crippen molar-refractivity contribution in [2.75, 3.05) is 6.54 Å². The molecule has 1 N–H and O–H groups in total. The number of fused-ring (bicyclic) bond motifs is 1. The maximum Gasteiger partial charge on any atom is 0.261 e. The fourth-order valence-corrected chi connectivity index (χ4v) is 3.69. The topological polar surface area (TPSA) is 79.2 Å². The highest BCUT2D eigenvalue weighted by Gasteiger charge is 2.34. The van der Waals surface area contributed by atoms with E-state index in [1.54, 1.807) is 11.0 Å².